The molecule has 2 fully saturated rings. The van der Waals surface area contributed by atoms with Gasteiger partial charge in [-0.1, -0.05) is 12.1 Å². The first-order valence-electron chi connectivity index (χ1n) is 11.9. The predicted octanol–water partition coefficient (Wildman–Crippen LogP) is 6.35. The van der Waals surface area contributed by atoms with E-state index >= 15 is 0 Å². The molecule has 1 aliphatic heterocycles. The average Bonchev–Trinajstić information content (AvgIpc) is 3.44. The lowest BCUT2D eigenvalue weighted by atomic mass is 9.87. The van der Waals surface area contributed by atoms with Crippen molar-refractivity contribution in [3.8, 4) is 0 Å². The van der Waals surface area contributed by atoms with Gasteiger partial charge in [-0.3, -0.25) is 4.79 Å². The molecule has 4 atom stereocenters. The number of likely N-dealkylation sites (tertiary alicyclic amines) is 1. The second-order valence-corrected chi connectivity index (χ2v) is 9.76. The minimum Gasteiger partial charge on any atom is -0.481 e. The van der Waals surface area contributed by atoms with Crippen LogP contribution in [0.1, 0.15) is 47.4 Å². The normalized spacial score (nSPS) is 25.1. The van der Waals surface area contributed by atoms with Gasteiger partial charge in [0.2, 0.25) is 0 Å². The summed E-state index contributed by atoms with van der Waals surface area (Å²) >= 11 is 0. The molecular formula is C26H26F7NO3. The number of carboxylic acid groups (broad SMARTS) is 1. The van der Waals surface area contributed by atoms with Crippen molar-refractivity contribution in [3.63, 3.8) is 0 Å². The molecule has 0 spiro atoms. The molecular weight excluding hydrogens is 507 g/mol. The van der Waals surface area contributed by atoms with Crippen LogP contribution in [0.15, 0.2) is 42.5 Å². The summed E-state index contributed by atoms with van der Waals surface area (Å²) in [5.41, 5.74) is -2.29. The van der Waals surface area contributed by atoms with Crippen LogP contribution in [0.25, 0.3) is 0 Å². The first kappa shape index (κ1) is 27.4. The molecule has 0 bridgehead atoms. The average molecular weight is 533 g/mol. The molecule has 2 aromatic rings. The van der Waals surface area contributed by atoms with E-state index in [1.165, 1.54) is 12.1 Å². The number of carbonyl (C=O) groups is 1. The molecule has 1 aliphatic carbocycles. The summed E-state index contributed by atoms with van der Waals surface area (Å²) in [5, 5.41) is 9.28. The Bertz CT molecular complexity index is 1070. The van der Waals surface area contributed by atoms with Crippen molar-refractivity contribution in [1.82, 2.24) is 4.90 Å². The molecule has 1 N–H and O–H groups in total. The van der Waals surface area contributed by atoms with Crippen LogP contribution in [0.5, 0.6) is 0 Å². The van der Waals surface area contributed by atoms with Gasteiger partial charge in [0.25, 0.3) is 0 Å². The summed E-state index contributed by atoms with van der Waals surface area (Å²) in [5.74, 6) is -2.04. The summed E-state index contributed by atoms with van der Waals surface area (Å²) in [6, 6.07) is 7.18. The van der Waals surface area contributed by atoms with Gasteiger partial charge >= 0.3 is 18.3 Å². The number of hydrogen-bond acceptors (Lipinski definition) is 3. The molecule has 2 aliphatic rings. The number of alkyl halides is 6. The number of carboxylic acids is 1. The molecule has 4 rings (SSSR count). The highest BCUT2D eigenvalue weighted by molar-refractivity contribution is 5.70. The number of benzene rings is 2. The highest BCUT2D eigenvalue weighted by atomic mass is 19.4. The van der Waals surface area contributed by atoms with Crippen LogP contribution in [0.4, 0.5) is 30.7 Å². The van der Waals surface area contributed by atoms with Crippen LogP contribution in [-0.4, -0.2) is 41.7 Å². The summed E-state index contributed by atoms with van der Waals surface area (Å²) in [6.07, 6.45) is -8.72. The van der Waals surface area contributed by atoms with Gasteiger partial charge in [-0.05, 0) is 73.2 Å². The topological polar surface area (TPSA) is 49.8 Å². The maximum absolute atomic E-state index is 13.6. The smallest absolute Gasteiger partial charge is 0.416 e. The molecule has 4 unspecified atom stereocenters. The van der Waals surface area contributed by atoms with E-state index in [0.29, 0.717) is 51.0 Å². The Kier molecular flexibility index (Phi) is 7.85. The molecule has 1 saturated heterocycles. The molecule has 2 aromatic carbocycles. The maximum atomic E-state index is 13.6. The Morgan fingerprint density at radius 1 is 0.946 bits per heavy atom. The van der Waals surface area contributed by atoms with Gasteiger partial charge in [0.15, 0.2) is 0 Å². The number of nitrogens with zero attached hydrogens (tertiary/aromatic N) is 1. The van der Waals surface area contributed by atoms with E-state index in [9.17, 15) is 40.6 Å². The zero-order chi connectivity index (χ0) is 27.0. The summed E-state index contributed by atoms with van der Waals surface area (Å²) in [4.78, 5) is 13.4. The molecule has 0 aromatic heterocycles. The molecule has 0 radical (unpaired) electrons. The van der Waals surface area contributed by atoms with Crippen molar-refractivity contribution in [2.24, 2.45) is 11.8 Å². The summed E-state index contributed by atoms with van der Waals surface area (Å²) < 4.78 is 98.9. The largest absolute Gasteiger partial charge is 0.481 e. The Labute approximate surface area is 209 Å². The van der Waals surface area contributed by atoms with E-state index in [2.05, 4.69) is 0 Å². The zero-order valence-electron chi connectivity index (χ0n) is 19.7. The number of rotatable bonds is 7. The monoisotopic (exact) mass is 533 g/mol. The third kappa shape index (κ3) is 6.62. The molecule has 1 heterocycles. The van der Waals surface area contributed by atoms with Crippen molar-refractivity contribution in [3.05, 3.63) is 70.5 Å². The van der Waals surface area contributed by atoms with Gasteiger partial charge in [0, 0.05) is 19.0 Å². The lowest BCUT2D eigenvalue weighted by Gasteiger charge is -2.29. The standard InChI is InChI=1S/C26H26F7NO3/c27-21-4-1-16(2-5-21)23-17(12-34-8-7-18(13-34)24(35)36)3-6-22(23)37-14-15-9-19(25(28,29)30)11-20(10-15)26(31,32)33/h1-2,4-5,9-11,17-18,22-23H,3,6-8,12-14H2,(H,35,36). The Hall–Kier alpha value is -2.66. The Morgan fingerprint density at radius 3 is 2.11 bits per heavy atom. The maximum Gasteiger partial charge on any atom is 0.416 e. The van der Waals surface area contributed by atoms with Gasteiger partial charge < -0.3 is 14.7 Å². The van der Waals surface area contributed by atoms with Gasteiger partial charge in [-0.2, -0.15) is 26.3 Å². The number of hydrogen-bond donors (Lipinski definition) is 1. The van der Waals surface area contributed by atoms with Crippen molar-refractivity contribution in [1.29, 1.82) is 0 Å². The molecule has 37 heavy (non-hydrogen) atoms. The van der Waals surface area contributed by atoms with E-state index in [0.717, 1.165) is 5.56 Å². The minimum absolute atomic E-state index is 0.00440. The van der Waals surface area contributed by atoms with E-state index in [4.69, 9.17) is 4.74 Å². The number of halogens is 7. The molecule has 4 nitrogen and oxygen atoms in total. The Morgan fingerprint density at radius 2 is 1.57 bits per heavy atom. The highest BCUT2D eigenvalue weighted by Crippen LogP contribution is 2.43. The fourth-order valence-corrected chi connectivity index (χ4v) is 5.44. The second-order valence-electron chi connectivity index (χ2n) is 9.76. The van der Waals surface area contributed by atoms with Crippen molar-refractivity contribution < 1.29 is 45.4 Å². The van der Waals surface area contributed by atoms with Crippen molar-refractivity contribution in [2.75, 3.05) is 19.6 Å². The lowest BCUT2D eigenvalue weighted by Crippen LogP contribution is -2.32. The van der Waals surface area contributed by atoms with Crippen molar-refractivity contribution >= 4 is 5.97 Å². The predicted molar refractivity (Wildman–Crippen MR) is 119 cm³/mol. The first-order chi connectivity index (χ1) is 17.3. The fourth-order valence-electron chi connectivity index (χ4n) is 5.44. The summed E-state index contributed by atoms with van der Waals surface area (Å²) in [7, 11) is 0. The third-order valence-electron chi connectivity index (χ3n) is 7.21. The van der Waals surface area contributed by atoms with Crippen LogP contribution in [0.2, 0.25) is 0 Å². The number of aliphatic carboxylic acids is 1. The van der Waals surface area contributed by atoms with E-state index in [1.54, 1.807) is 12.1 Å². The molecule has 0 amide bonds. The van der Waals surface area contributed by atoms with Crippen LogP contribution in [0.3, 0.4) is 0 Å². The number of ether oxygens (including phenoxy) is 1. The quantitative estimate of drug-likeness (QED) is 0.422. The van der Waals surface area contributed by atoms with Crippen LogP contribution < -0.4 is 0 Å². The fraction of sp³-hybridized carbons (Fsp3) is 0.500. The van der Waals surface area contributed by atoms with Gasteiger partial charge in [-0.15, -0.1) is 0 Å². The molecule has 11 heteroatoms. The minimum atomic E-state index is -4.95. The van der Waals surface area contributed by atoms with Crippen LogP contribution in [0, 0.1) is 17.7 Å². The van der Waals surface area contributed by atoms with E-state index in [-0.39, 0.29) is 23.5 Å². The lowest BCUT2D eigenvalue weighted by molar-refractivity contribution is -0.143. The van der Waals surface area contributed by atoms with Crippen LogP contribution in [-0.2, 0) is 28.5 Å². The first-order valence-corrected chi connectivity index (χ1v) is 11.9. The third-order valence-corrected chi connectivity index (χ3v) is 7.21. The highest BCUT2D eigenvalue weighted by Gasteiger charge is 2.41. The van der Waals surface area contributed by atoms with Gasteiger partial charge in [0.1, 0.15) is 5.82 Å². The Balaban J connectivity index is 1.54. The van der Waals surface area contributed by atoms with Gasteiger partial charge in [-0.25, -0.2) is 4.39 Å². The molecule has 202 valence electrons. The van der Waals surface area contributed by atoms with Gasteiger partial charge in [0.05, 0.1) is 29.8 Å². The van der Waals surface area contributed by atoms with E-state index < -0.39 is 53.9 Å². The summed E-state index contributed by atoms with van der Waals surface area (Å²) in [6.45, 7) is 1.12. The van der Waals surface area contributed by atoms with Crippen LogP contribution >= 0.6 is 0 Å². The second kappa shape index (κ2) is 10.6. The SMILES string of the molecule is O=C(O)C1CCN(CC2CCC(OCc3cc(C(F)(F)F)cc(C(F)(F)F)c3)C2c2ccc(F)cc2)C1. The molecule has 1 saturated carbocycles. The van der Waals surface area contributed by atoms with Crippen molar-refractivity contribution in [2.45, 2.75) is 50.2 Å². The zero-order valence-corrected chi connectivity index (χ0v) is 19.7. The van der Waals surface area contributed by atoms with E-state index in [1.807, 2.05) is 4.90 Å².